The molecule has 0 fully saturated rings. The van der Waals surface area contributed by atoms with Crippen molar-refractivity contribution in [2.75, 3.05) is 18.4 Å². The van der Waals surface area contributed by atoms with Gasteiger partial charge < -0.3 is 20.1 Å². The zero-order valence-electron chi connectivity index (χ0n) is 12.9. The number of ether oxygens (including phenoxy) is 2. The summed E-state index contributed by atoms with van der Waals surface area (Å²) >= 11 is 11.7. The van der Waals surface area contributed by atoms with Crippen molar-refractivity contribution < 1.29 is 23.0 Å². The molecule has 130 valence electrons. The predicted octanol–water partition coefficient (Wildman–Crippen LogP) is 4.53. The number of benzene rings is 1. The van der Waals surface area contributed by atoms with E-state index in [0.29, 0.717) is 18.8 Å². The molecule has 0 heterocycles. The number of alkyl carbamates (subject to hydrolysis) is 1. The number of hydrogen-bond acceptors (Lipinski definition) is 4. The predicted molar refractivity (Wildman–Crippen MR) is 85.8 cm³/mol. The summed E-state index contributed by atoms with van der Waals surface area (Å²) in [7, 11) is 0. The number of hydrogen-bond donors (Lipinski definition) is 2. The van der Waals surface area contributed by atoms with E-state index in [1.165, 1.54) is 12.1 Å². The van der Waals surface area contributed by atoms with Crippen LogP contribution in [0.1, 0.15) is 20.8 Å². The van der Waals surface area contributed by atoms with E-state index in [-0.39, 0.29) is 15.8 Å². The highest BCUT2D eigenvalue weighted by Gasteiger charge is 2.16. The zero-order chi connectivity index (χ0) is 17.6. The van der Waals surface area contributed by atoms with Gasteiger partial charge in [0.2, 0.25) is 0 Å². The molecule has 0 spiro atoms. The molecular formula is C14H18Cl2F2N2O3. The Bertz CT molecular complexity index is 528. The van der Waals surface area contributed by atoms with Crippen molar-refractivity contribution in [3.05, 3.63) is 22.2 Å². The van der Waals surface area contributed by atoms with Gasteiger partial charge in [-0.1, -0.05) is 23.2 Å². The Labute approximate surface area is 143 Å². The maximum Gasteiger partial charge on any atom is 0.407 e. The van der Waals surface area contributed by atoms with Crippen molar-refractivity contribution >= 4 is 35.0 Å². The second kappa shape index (κ2) is 8.40. The molecule has 9 heteroatoms. The maximum absolute atomic E-state index is 12.2. The zero-order valence-corrected chi connectivity index (χ0v) is 14.4. The molecule has 0 aliphatic heterocycles. The summed E-state index contributed by atoms with van der Waals surface area (Å²) in [6.07, 6.45) is -0.531. The number of rotatable bonds is 6. The van der Waals surface area contributed by atoms with Crippen LogP contribution in [-0.4, -0.2) is 31.4 Å². The lowest BCUT2D eigenvalue weighted by molar-refractivity contribution is -0.0497. The Morgan fingerprint density at radius 2 is 1.78 bits per heavy atom. The largest absolute Gasteiger partial charge is 0.444 e. The Kier molecular flexibility index (Phi) is 7.15. The van der Waals surface area contributed by atoms with E-state index in [1.807, 2.05) is 0 Å². The first-order valence-corrected chi connectivity index (χ1v) is 7.48. The van der Waals surface area contributed by atoms with E-state index in [9.17, 15) is 13.6 Å². The molecule has 0 aliphatic carbocycles. The molecule has 0 radical (unpaired) electrons. The van der Waals surface area contributed by atoms with Gasteiger partial charge in [0.25, 0.3) is 0 Å². The van der Waals surface area contributed by atoms with Crippen LogP contribution in [0.2, 0.25) is 10.0 Å². The number of amides is 1. The van der Waals surface area contributed by atoms with Crippen LogP contribution in [-0.2, 0) is 4.74 Å². The minimum Gasteiger partial charge on any atom is -0.444 e. The van der Waals surface area contributed by atoms with Crippen molar-refractivity contribution in [1.29, 1.82) is 0 Å². The first-order chi connectivity index (χ1) is 10.6. The summed E-state index contributed by atoms with van der Waals surface area (Å²) in [5.41, 5.74) is -0.0633. The monoisotopic (exact) mass is 370 g/mol. The second-order valence-corrected chi connectivity index (χ2v) is 6.32. The Morgan fingerprint density at radius 1 is 1.22 bits per heavy atom. The summed E-state index contributed by atoms with van der Waals surface area (Å²) < 4.78 is 33.7. The first kappa shape index (κ1) is 19.6. The number of halogens is 4. The van der Waals surface area contributed by atoms with Gasteiger partial charge in [-0.05, 0) is 32.9 Å². The first-order valence-electron chi connectivity index (χ1n) is 6.73. The van der Waals surface area contributed by atoms with Crippen LogP contribution >= 0.6 is 23.2 Å². The third kappa shape index (κ3) is 7.56. The molecule has 1 rings (SSSR count). The van der Waals surface area contributed by atoms with Crippen LogP contribution < -0.4 is 15.4 Å². The molecular weight excluding hydrogens is 353 g/mol. The summed E-state index contributed by atoms with van der Waals surface area (Å²) in [5.74, 6) is -0.277. The molecule has 5 nitrogen and oxygen atoms in total. The summed E-state index contributed by atoms with van der Waals surface area (Å²) in [4.78, 5) is 11.4. The molecule has 1 aromatic rings. The fraction of sp³-hybridized carbons (Fsp3) is 0.500. The average molecular weight is 371 g/mol. The normalized spacial score (nSPS) is 11.3. The second-order valence-electron chi connectivity index (χ2n) is 5.50. The van der Waals surface area contributed by atoms with Crippen molar-refractivity contribution in [2.24, 2.45) is 0 Å². The van der Waals surface area contributed by atoms with Crippen molar-refractivity contribution in [1.82, 2.24) is 5.32 Å². The molecule has 1 aromatic carbocycles. The molecule has 0 unspecified atom stereocenters. The van der Waals surface area contributed by atoms with Crippen LogP contribution in [0.15, 0.2) is 12.1 Å². The highest BCUT2D eigenvalue weighted by molar-refractivity contribution is 6.37. The van der Waals surface area contributed by atoms with Crippen molar-refractivity contribution in [2.45, 2.75) is 33.0 Å². The van der Waals surface area contributed by atoms with E-state index in [2.05, 4.69) is 15.4 Å². The molecule has 0 atom stereocenters. The Morgan fingerprint density at radius 3 is 2.26 bits per heavy atom. The molecule has 0 aromatic heterocycles. The van der Waals surface area contributed by atoms with E-state index < -0.39 is 18.3 Å². The van der Waals surface area contributed by atoms with Crippen LogP contribution in [0.4, 0.5) is 19.3 Å². The Balaban J connectivity index is 2.48. The van der Waals surface area contributed by atoms with Crippen LogP contribution in [0, 0.1) is 0 Å². The van der Waals surface area contributed by atoms with Gasteiger partial charge >= 0.3 is 12.7 Å². The SMILES string of the molecule is CC(C)(C)OC(=O)NCCNc1cc(Cl)c(OC(F)F)c(Cl)c1. The van der Waals surface area contributed by atoms with Gasteiger partial charge in [-0.15, -0.1) is 0 Å². The van der Waals surface area contributed by atoms with Crippen molar-refractivity contribution in [3.63, 3.8) is 0 Å². The van der Waals surface area contributed by atoms with E-state index >= 15 is 0 Å². The average Bonchev–Trinajstić information content (AvgIpc) is 2.37. The lowest BCUT2D eigenvalue weighted by atomic mass is 10.2. The number of anilines is 1. The van der Waals surface area contributed by atoms with Crippen LogP contribution in [0.25, 0.3) is 0 Å². The third-order valence-corrected chi connectivity index (χ3v) is 2.89. The van der Waals surface area contributed by atoms with Gasteiger partial charge in [-0.3, -0.25) is 0 Å². The number of carbonyl (C=O) groups excluding carboxylic acids is 1. The highest BCUT2D eigenvalue weighted by atomic mass is 35.5. The number of nitrogens with one attached hydrogen (secondary N) is 2. The molecule has 0 aliphatic rings. The third-order valence-electron chi connectivity index (χ3n) is 2.33. The summed E-state index contributed by atoms with van der Waals surface area (Å²) in [5, 5.41) is 5.42. The van der Waals surface area contributed by atoms with Crippen LogP contribution in [0.3, 0.4) is 0 Å². The number of alkyl halides is 2. The number of carbonyl (C=O) groups is 1. The summed E-state index contributed by atoms with van der Waals surface area (Å²) in [6, 6.07) is 2.80. The molecule has 0 saturated carbocycles. The lowest BCUT2D eigenvalue weighted by Crippen LogP contribution is -2.34. The van der Waals surface area contributed by atoms with Gasteiger partial charge in [-0.2, -0.15) is 8.78 Å². The fourth-order valence-electron chi connectivity index (χ4n) is 1.55. The molecule has 0 bridgehead atoms. The quantitative estimate of drug-likeness (QED) is 0.722. The van der Waals surface area contributed by atoms with Gasteiger partial charge in [-0.25, -0.2) is 4.79 Å². The molecule has 2 N–H and O–H groups in total. The maximum atomic E-state index is 12.2. The Hall–Kier alpha value is -1.47. The fourth-order valence-corrected chi connectivity index (χ4v) is 2.13. The van der Waals surface area contributed by atoms with Gasteiger partial charge in [0, 0.05) is 18.8 Å². The standard InChI is InChI=1S/C14H18Cl2F2N2O3/c1-14(2,3)23-13(21)20-5-4-19-8-6-9(15)11(10(16)7-8)22-12(17)18/h6-7,12,19H,4-5H2,1-3H3,(H,20,21). The molecule has 0 saturated heterocycles. The summed E-state index contributed by atoms with van der Waals surface area (Å²) in [6.45, 7) is 2.93. The van der Waals surface area contributed by atoms with Crippen LogP contribution in [0.5, 0.6) is 5.75 Å². The highest BCUT2D eigenvalue weighted by Crippen LogP contribution is 2.36. The van der Waals surface area contributed by atoms with Gasteiger partial charge in [0.05, 0.1) is 10.0 Å². The lowest BCUT2D eigenvalue weighted by Gasteiger charge is -2.19. The van der Waals surface area contributed by atoms with E-state index in [0.717, 1.165) is 0 Å². The van der Waals surface area contributed by atoms with E-state index in [1.54, 1.807) is 20.8 Å². The molecule has 1 amide bonds. The molecule has 23 heavy (non-hydrogen) atoms. The smallest absolute Gasteiger partial charge is 0.407 e. The minimum atomic E-state index is -3.01. The van der Waals surface area contributed by atoms with Gasteiger partial charge in [0.15, 0.2) is 5.75 Å². The minimum absolute atomic E-state index is 0.0413. The van der Waals surface area contributed by atoms with Gasteiger partial charge in [0.1, 0.15) is 5.60 Å². The van der Waals surface area contributed by atoms with E-state index in [4.69, 9.17) is 27.9 Å². The topological polar surface area (TPSA) is 59.6 Å². The van der Waals surface area contributed by atoms with Crippen molar-refractivity contribution in [3.8, 4) is 5.75 Å².